The van der Waals surface area contributed by atoms with Crippen molar-refractivity contribution in [3.8, 4) is 11.1 Å². The lowest BCUT2D eigenvalue weighted by molar-refractivity contribution is -0.137. The summed E-state index contributed by atoms with van der Waals surface area (Å²) in [7, 11) is -5.49. The molecule has 0 saturated carbocycles. The molecule has 0 aliphatic carbocycles. The third kappa shape index (κ3) is 6.73. The summed E-state index contributed by atoms with van der Waals surface area (Å²) in [5.41, 5.74) is -3.54. The Morgan fingerprint density at radius 2 is 1.35 bits per heavy atom. The van der Waals surface area contributed by atoms with Crippen LogP contribution in [-0.4, -0.2) is 20.5 Å². The predicted molar refractivity (Wildman–Crippen MR) is 115 cm³/mol. The van der Waals surface area contributed by atoms with E-state index < -0.39 is 27.3 Å². The van der Waals surface area contributed by atoms with Crippen molar-refractivity contribution in [2.24, 2.45) is 0 Å². The van der Waals surface area contributed by atoms with Gasteiger partial charge in [-0.05, 0) is 52.9 Å². The minimum absolute atomic E-state index is 0.200. The molecule has 0 aliphatic heterocycles. The number of sulfonamides is 1. The topological polar surface area (TPSA) is 55.4 Å². The smallest absolute Gasteiger partial charge is 0.376 e. The summed E-state index contributed by atoms with van der Waals surface area (Å²) < 4.78 is 105. The van der Waals surface area contributed by atoms with Gasteiger partial charge in [0.15, 0.2) is 0 Å². The van der Waals surface area contributed by atoms with Crippen LogP contribution in [0.4, 0.5) is 32.0 Å². The van der Waals surface area contributed by atoms with Gasteiger partial charge in [-0.3, -0.25) is 4.72 Å². The highest BCUT2D eigenvalue weighted by Crippen LogP contribution is 2.31. The summed E-state index contributed by atoms with van der Waals surface area (Å²) in [6, 6.07) is 17.5. The fourth-order valence-electron chi connectivity index (χ4n) is 3.03. The van der Waals surface area contributed by atoms with E-state index in [0.29, 0.717) is 17.5 Å². The number of ether oxygens (including phenoxy) is 1. The molecule has 11 heteroatoms. The first-order valence-corrected chi connectivity index (χ1v) is 11.4. The van der Waals surface area contributed by atoms with Crippen LogP contribution >= 0.6 is 0 Å². The summed E-state index contributed by atoms with van der Waals surface area (Å²) in [5, 5.41) is 0. The molecule has 34 heavy (non-hydrogen) atoms. The molecule has 0 unspecified atom stereocenters. The van der Waals surface area contributed by atoms with Crippen molar-refractivity contribution in [1.82, 2.24) is 0 Å². The number of nitrogens with one attached hydrogen (secondary N) is 1. The van der Waals surface area contributed by atoms with Crippen LogP contribution in [0.25, 0.3) is 11.1 Å². The van der Waals surface area contributed by atoms with Crippen molar-refractivity contribution in [3.63, 3.8) is 0 Å². The number of hydrogen-bond acceptors (Lipinski definition) is 3. The highest BCUT2D eigenvalue weighted by Gasteiger charge is 2.46. The molecule has 4 nitrogen and oxygen atoms in total. The Balaban J connectivity index is 1.51. The fraction of sp³-hybridized carbons (Fsp3) is 0.217. The van der Waals surface area contributed by atoms with Gasteiger partial charge in [-0.1, -0.05) is 48.5 Å². The monoisotopic (exact) mass is 503 g/mol. The number of anilines is 1. The van der Waals surface area contributed by atoms with Gasteiger partial charge in [0, 0.05) is 5.69 Å². The molecular weight excluding hydrogens is 484 g/mol. The summed E-state index contributed by atoms with van der Waals surface area (Å²) in [6.45, 7) is 0.476. The maximum Gasteiger partial charge on any atom is 0.516 e. The van der Waals surface area contributed by atoms with Crippen LogP contribution < -0.4 is 4.72 Å². The fourth-order valence-corrected chi connectivity index (χ4v) is 3.58. The van der Waals surface area contributed by atoms with E-state index in [-0.39, 0.29) is 18.9 Å². The van der Waals surface area contributed by atoms with Gasteiger partial charge >= 0.3 is 21.7 Å². The van der Waals surface area contributed by atoms with Crippen molar-refractivity contribution < 1.29 is 39.5 Å². The van der Waals surface area contributed by atoms with E-state index in [0.717, 1.165) is 23.3 Å². The standard InChI is InChI=1S/C23H19F6NO3S/c24-22(25,26)20-10-8-19(9-11-20)18-6-4-17(5-7-18)15-33-13-12-16-2-1-3-21(14-16)30-34(31,32)23(27,28)29/h1-11,14,30H,12-13,15H2. The SMILES string of the molecule is O=S(=O)(Nc1cccc(CCOCc2ccc(-c3ccc(C(F)(F)F)cc3)cc2)c1)C(F)(F)F. The molecular formula is C23H19F6NO3S. The van der Waals surface area contributed by atoms with Crippen molar-refractivity contribution in [2.45, 2.75) is 24.7 Å². The van der Waals surface area contributed by atoms with Crippen LogP contribution in [0.5, 0.6) is 0 Å². The first-order valence-electron chi connectivity index (χ1n) is 9.87. The Bertz CT molecular complexity index is 1210. The average molecular weight is 503 g/mol. The van der Waals surface area contributed by atoms with Gasteiger partial charge in [-0.15, -0.1) is 0 Å². The van der Waals surface area contributed by atoms with E-state index in [4.69, 9.17) is 4.74 Å². The molecule has 1 N–H and O–H groups in total. The van der Waals surface area contributed by atoms with Crippen LogP contribution in [0, 0.1) is 0 Å². The summed E-state index contributed by atoms with van der Waals surface area (Å²) in [6.07, 6.45) is -4.05. The van der Waals surface area contributed by atoms with Crippen LogP contribution in [0.2, 0.25) is 0 Å². The third-order valence-corrected chi connectivity index (χ3v) is 5.90. The Labute approximate surface area is 192 Å². The van der Waals surface area contributed by atoms with Gasteiger partial charge in [-0.25, -0.2) is 0 Å². The van der Waals surface area contributed by atoms with Gasteiger partial charge in [0.25, 0.3) is 0 Å². The lowest BCUT2D eigenvalue weighted by Crippen LogP contribution is -2.29. The van der Waals surface area contributed by atoms with E-state index in [1.807, 2.05) is 0 Å². The van der Waals surface area contributed by atoms with Gasteiger partial charge in [0.1, 0.15) is 0 Å². The first-order chi connectivity index (χ1) is 15.8. The molecule has 182 valence electrons. The Morgan fingerprint density at radius 3 is 1.91 bits per heavy atom. The van der Waals surface area contributed by atoms with Crippen LogP contribution in [0.1, 0.15) is 16.7 Å². The largest absolute Gasteiger partial charge is 0.516 e. The minimum atomic E-state index is -5.49. The molecule has 0 bridgehead atoms. The van der Waals surface area contributed by atoms with Gasteiger partial charge in [0.05, 0.1) is 18.8 Å². The third-order valence-electron chi connectivity index (χ3n) is 4.79. The Hall–Kier alpha value is -3.05. The molecule has 3 rings (SSSR count). The second-order valence-corrected chi connectivity index (χ2v) is 9.00. The highest BCUT2D eigenvalue weighted by molar-refractivity contribution is 7.93. The lowest BCUT2D eigenvalue weighted by Gasteiger charge is -2.11. The van der Waals surface area contributed by atoms with E-state index in [9.17, 15) is 34.8 Å². The first kappa shape index (κ1) is 25.6. The molecule has 3 aromatic rings. The molecule has 0 amide bonds. The molecule has 0 aromatic heterocycles. The van der Waals surface area contributed by atoms with Gasteiger partial charge < -0.3 is 4.74 Å². The van der Waals surface area contributed by atoms with Crippen molar-refractivity contribution in [3.05, 3.63) is 89.5 Å². The van der Waals surface area contributed by atoms with Crippen LogP contribution in [0.15, 0.2) is 72.8 Å². The number of rotatable bonds is 8. The zero-order valence-electron chi connectivity index (χ0n) is 17.5. The lowest BCUT2D eigenvalue weighted by atomic mass is 10.0. The number of hydrogen-bond donors (Lipinski definition) is 1. The number of benzene rings is 3. The quantitative estimate of drug-likeness (QED) is 0.286. The average Bonchev–Trinajstić information content (AvgIpc) is 2.76. The van der Waals surface area contributed by atoms with Gasteiger partial charge in [0.2, 0.25) is 0 Å². The van der Waals surface area contributed by atoms with Gasteiger partial charge in [-0.2, -0.15) is 34.8 Å². The van der Waals surface area contributed by atoms with Crippen molar-refractivity contribution in [1.29, 1.82) is 0 Å². The van der Waals surface area contributed by atoms with E-state index in [2.05, 4.69) is 0 Å². The van der Waals surface area contributed by atoms with E-state index >= 15 is 0 Å². The molecule has 0 atom stereocenters. The second-order valence-electron chi connectivity index (χ2n) is 7.33. The van der Waals surface area contributed by atoms with Crippen LogP contribution in [0.3, 0.4) is 0 Å². The summed E-state index contributed by atoms with van der Waals surface area (Å²) in [4.78, 5) is 0. The Morgan fingerprint density at radius 1 is 0.765 bits per heavy atom. The summed E-state index contributed by atoms with van der Waals surface area (Å²) >= 11 is 0. The second kappa shape index (κ2) is 10.1. The zero-order chi connectivity index (χ0) is 25.0. The summed E-state index contributed by atoms with van der Waals surface area (Å²) in [5.74, 6) is 0. The molecule has 0 saturated heterocycles. The molecule has 0 radical (unpaired) electrons. The maximum absolute atomic E-state index is 12.7. The highest BCUT2D eigenvalue weighted by atomic mass is 32.2. The predicted octanol–water partition coefficient (Wildman–Crippen LogP) is 6.39. The molecule has 0 aliphatic rings. The number of alkyl halides is 6. The molecule has 0 heterocycles. The van der Waals surface area contributed by atoms with Crippen molar-refractivity contribution in [2.75, 3.05) is 11.3 Å². The molecule has 0 spiro atoms. The molecule has 0 fully saturated rings. The maximum atomic E-state index is 12.7. The van der Waals surface area contributed by atoms with Crippen LogP contribution in [-0.2, 0) is 34.0 Å². The normalized spacial score (nSPS) is 12.5. The number of halogens is 6. The zero-order valence-corrected chi connectivity index (χ0v) is 18.3. The Kier molecular flexibility index (Phi) is 7.57. The minimum Gasteiger partial charge on any atom is -0.376 e. The van der Waals surface area contributed by atoms with E-state index in [1.165, 1.54) is 35.1 Å². The van der Waals surface area contributed by atoms with Crippen molar-refractivity contribution >= 4 is 15.7 Å². The molecule has 3 aromatic carbocycles. The van der Waals surface area contributed by atoms with E-state index in [1.54, 1.807) is 30.3 Å².